The van der Waals surface area contributed by atoms with Gasteiger partial charge in [-0.25, -0.2) is 0 Å². The van der Waals surface area contributed by atoms with Crippen LogP contribution in [-0.2, 0) is 6.42 Å². The van der Waals surface area contributed by atoms with Crippen LogP contribution in [0.2, 0.25) is 0 Å². The molecule has 1 aliphatic heterocycles. The van der Waals surface area contributed by atoms with E-state index >= 15 is 0 Å². The maximum atomic E-state index is 12.8. The third kappa shape index (κ3) is 5.03. The van der Waals surface area contributed by atoms with Crippen molar-refractivity contribution in [3.63, 3.8) is 0 Å². The second-order valence-electron chi connectivity index (χ2n) is 8.11. The van der Waals surface area contributed by atoms with Gasteiger partial charge in [-0.3, -0.25) is 15.6 Å². The van der Waals surface area contributed by atoms with Crippen molar-refractivity contribution >= 4 is 5.91 Å². The zero-order chi connectivity index (χ0) is 18.8. The molecule has 140 valence electrons. The number of hydrogen-bond donors (Lipinski definition) is 3. The Morgan fingerprint density at radius 3 is 2.20 bits per heavy atom. The van der Waals surface area contributed by atoms with Gasteiger partial charge in [-0.2, -0.15) is 0 Å². The van der Waals surface area contributed by atoms with E-state index in [1.54, 1.807) is 0 Å². The molecule has 1 saturated heterocycles. The molecule has 0 bridgehead atoms. The maximum Gasteiger partial charge on any atom is 0.253 e. The van der Waals surface area contributed by atoms with Crippen molar-refractivity contribution in [2.75, 3.05) is 7.05 Å². The molecule has 1 fully saturated rings. The number of rotatable bonds is 6. The summed E-state index contributed by atoms with van der Waals surface area (Å²) in [6.45, 7) is 10.0. The Bertz CT molecular complexity index is 570. The zero-order valence-electron chi connectivity index (χ0n) is 16.3. The van der Waals surface area contributed by atoms with E-state index < -0.39 is 5.60 Å². The number of benzene rings is 1. The minimum atomic E-state index is -0.666. The van der Waals surface area contributed by atoms with E-state index in [2.05, 4.69) is 31.6 Å². The minimum absolute atomic E-state index is 0.0489. The summed E-state index contributed by atoms with van der Waals surface area (Å²) in [6, 6.07) is 8.54. The van der Waals surface area contributed by atoms with Crippen molar-refractivity contribution in [1.82, 2.24) is 15.8 Å². The summed E-state index contributed by atoms with van der Waals surface area (Å²) in [7, 11) is 1.88. The van der Waals surface area contributed by atoms with Crippen LogP contribution in [0, 0.1) is 5.92 Å². The van der Waals surface area contributed by atoms with Crippen LogP contribution >= 0.6 is 0 Å². The molecule has 0 saturated carbocycles. The van der Waals surface area contributed by atoms with E-state index in [9.17, 15) is 9.90 Å². The Hall–Kier alpha value is -1.43. The summed E-state index contributed by atoms with van der Waals surface area (Å²) in [6.07, 6.45) is 1.51. The SMILES string of the molecule is CC1NNC(C)C1C(C)N(C)C(=O)c1ccc(CCC(C)(C)O)cc1. The normalized spacial score (nSPS) is 25.0. The van der Waals surface area contributed by atoms with Gasteiger partial charge in [0, 0.05) is 36.7 Å². The van der Waals surface area contributed by atoms with E-state index in [4.69, 9.17) is 0 Å². The number of nitrogens with zero attached hydrogens (tertiary/aromatic N) is 1. The lowest BCUT2D eigenvalue weighted by Gasteiger charge is -2.33. The molecule has 1 aromatic carbocycles. The summed E-state index contributed by atoms with van der Waals surface area (Å²) < 4.78 is 0. The molecule has 1 aromatic rings. The van der Waals surface area contributed by atoms with E-state index in [0.29, 0.717) is 30.0 Å². The van der Waals surface area contributed by atoms with Crippen LogP contribution in [0.3, 0.4) is 0 Å². The topological polar surface area (TPSA) is 64.6 Å². The fourth-order valence-electron chi connectivity index (χ4n) is 3.63. The van der Waals surface area contributed by atoms with Gasteiger partial charge in [0.2, 0.25) is 0 Å². The first-order valence-electron chi connectivity index (χ1n) is 9.19. The Morgan fingerprint density at radius 2 is 1.72 bits per heavy atom. The Morgan fingerprint density at radius 1 is 1.20 bits per heavy atom. The quantitative estimate of drug-likeness (QED) is 0.739. The summed E-state index contributed by atoms with van der Waals surface area (Å²) in [5, 5.41) is 9.83. The fourth-order valence-corrected chi connectivity index (χ4v) is 3.63. The van der Waals surface area contributed by atoms with Crippen LogP contribution in [0.25, 0.3) is 0 Å². The predicted molar refractivity (Wildman–Crippen MR) is 101 cm³/mol. The van der Waals surface area contributed by atoms with E-state index in [1.165, 1.54) is 0 Å². The second-order valence-corrected chi connectivity index (χ2v) is 8.11. The number of hydrazine groups is 1. The number of hydrogen-bond acceptors (Lipinski definition) is 4. The molecule has 3 unspecified atom stereocenters. The first kappa shape index (κ1) is 19.9. The van der Waals surface area contributed by atoms with Gasteiger partial charge in [0.25, 0.3) is 5.91 Å². The molecule has 25 heavy (non-hydrogen) atoms. The van der Waals surface area contributed by atoms with Crippen molar-refractivity contribution in [1.29, 1.82) is 0 Å². The van der Waals surface area contributed by atoms with Crippen molar-refractivity contribution < 1.29 is 9.90 Å². The Labute approximate surface area is 151 Å². The monoisotopic (exact) mass is 347 g/mol. The average Bonchev–Trinajstić information content (AvgIpc) is 2.89. The number of carbonyl (C=O) groups excluding carboxylic acids is 1. The molecule has 0 aromatic heterocycles. The maximum absolute atomic E-state index is 12.8. The molecule has 2 rings (SSSR count). The lowest BCUT2D eigenvalue weighted by molar-refractivity contribution is 0.0676. The standard InChI is InChI=1S/C20H33N3O2/c1-13-18(14(2)22-21-13)15(3)23(6)19(24)17-9-7-16(8-10-17)11-12-20(4,5)25/h7-10,13-15,18,21-22,25H,11-12H2,1-6H3. The lowest BCUT2D eigenvalue weighted by Crippen LogP contribution is -2.46. The molecule has 0 radical (unpaired) electrons. The van der Waals surface area contributed by atoms with Gasteiger partial charge in [0.15, 0.2) is 0 Å². The highest BCUT2D eigenvalue weighted by Gasteiger charge is 2.37. The number of carbonyl (C=O) groups is 1. The lowest BCUT2D eigenvalue weighted by atomic mass is 9.88. The van der Waals surface area contributed by atoms with Crippen LogP contribution in [0.1, 0.15) is 57.0 Å². The first-order chi connectivity index (χ1) is 11.6. The van der Waals surface area contributed by atoms with Crippen molar-refractivity contribution in [2.24, 2.45) is 5.92 Å². The molecule has 5 heteroatoms. The molecule has 0 spiro atoms. The molecule has 1 amide bonds. The summed E-state index contributed by atoms with van der Waals surface area (Å²) >= 11 is 0. The van der Waals surface area contributed by atoms with Crippen LogP contribution in [0.15, 0.2) is 24.3 Å². The third-order valence-corrected chi connectivity index (χ3v) is 5.41. The van der Waals surface area contributed by atoms with Crippen molar-refractivity contribution in [3.8, 4) is 0 Å². The van der Waals surface area contributed by atoms with Gasteiger partial charge in [0.1, 0.15) is 0 Å². The van der Waals surface area contributed by atoms with E-state index in [1.807, 2.05) is 50.1 Å². The predicted octanol–water partition coefficient (Wildman–Crippen LogP) is 2.35. The van der Waals surface area contributed by atoms with Crippen LogP contribution in [-0.4, -0.2) is 46.7 Å². The van der Waals surface area contributed by atoms with Gasteiger partial charge < -0.3 is 10.0 Å². The Balaban J connectivity index is 2.01. The molecule has 0 aliphatic carbocycles. The minimum Gasteiger partial charge on any atom is -0.390 e. The largest absolute Gasteiger partial charge is 0.390 e. The molecule has 1 heterocycles. The highest BCUT2D eigenvalue weighted by atomic mass is 16.3. The van der Waals surface area contributed by atoms with Crippen LogP contribution in [0.4, 0.5) is 0 Å². The van der Waals surface area contributed by atoms with Gasteiger partial charge in [0.05, 0.1) is 5.60 Å². The molecular formula is C20H33N3O2. The van der Waals surface area contributed by atoms with Crippen molar-refractivity contribution in [3.05, 3.63) is 35.4 Å². The summed E-state index contributed by atoms with van der Waals surface area (Å²) in [5.74, 6) is 0.410. The Kier molecular flexibility index (Phi) is 6.25. The molecule has 1 aliphatic rings. The van der Waals surface area contributed by atoms with Gasteiger partial charge in [-0.1, -0.05) is 12.1 Å². The number of nitrogens with one attached hydrogen (secondary N) is 2. The smallest absolute Gasteiger partial charge is 0.253 e. The van der Waals surface area contributed by atoms with E-state index in [-0.39, 0.29) is 11.9 Å². The first-order valence-corrected chi connectivity index (χ1v) is 9.19. The average molecular weight is 348 g/mol. The van der Waals surface area contributed by atoms with Gasteiger partial charge in [-0.05, 0) is 65.2 Å². The zero-order valence-corrected chi connectivity index (χ0v) is 16.3. The second kappa shape index (κ2) is 7.85. The van der Waals surface area contributed by atoms with E-state index in [0.717, 1.165) is 12.0 Å². The molecule has 5 nitrogen and oxygen atoms in total. The number of aryl methyl sites for hydroxylation is 1. The van der Waals surface area contributed by atoms with Gasteiger partial charge >= 0.3 is 0 Å². The summed E-state index contributed by atoms with van der Waals surface area (Å²) in [4.78, 5) is 14.7. The highest BCUT2D eigenvalue weighted by molar-refractivity contribution is 5.94. The number of aliphatic hydroxyl groups is 1. The summed E-state index contributed by atoms with van der Waals surface area (Å²) in [5.41, 5.74) is 7.70. The third-order valence-electron chi connectivity index (χ3n) is 5.41. The number of amides is 1. The molecule has 3 N–H and O–H groups in total. The van der Waals surface area contributed by atoms with Crippen LogP contribution < -0.4 is 10.9 Å². The molecular weight excluding hydrogens is 314 g/mol. The van der Waals surface area contributed by atoms with Crippen molar-refractivity contribution in [2.45, 2.75) is 71.2 Å². The van der Waals surface area contributed by atoms with Gasteiger partial charge in [-0.15, -0.1) is 0 Å². The highest BCUT2D eigenvalue weighted by Crippen LogP contribution is 2.23. The fraction of sp³-hybridized carbons (Fsp3) is 0.650. The molecule has 3 atom stereocenters. The van der Waals surface area contributed by atoms with Crippen LogP contribution in [0.5, 0.6) is 0 Å².